The number of halogens is 4. The summed E-state index contributed by atoms with van der Waals surface area (Å²) < 4.78 is 45.2. The van der Waals surface area contributed by atoms with Gasteiger partial charge in [-0.15, -0.1) is 37.1 Å². The Balaban J connectivity index is 0.00000364. The molecule has 0 fully saturated rings. The van der Waals surface area contributed by atoms with Crippen LogP contribution in [0.5, 0.6) is 11.5 Å². The van der Waals surface area contributed by atoms with Crippen molar-refractivity contribution in [3.63, 3.8) is 0 Å². The first kappa shape index (κ1) is 22.8. The quantitative estimate of drug-likeness (QED) is 0.322. The predicted molar refractivity (Wildman–Crippen MR) is 107 cm³/mol. The van der Waals surface area contributed by atoms with Crippen molar-refractivity contribution in [2.75, 3.05) is 19.0 Å². The number of nitrogens with one attached hydrogen (secondary N) is 1. The maximum Gasteiger partial charge on any atom is 0.573 e. The molecule has 1 unspecified atom stereocenters. The number of aliphatic hydroxyl groups excluding tert-OH is 1. The third-order valence-electron chi connectivity index (χ3n) is 3.27. The molecular weight excluding hydrogens is 478 g/mol. The molecule has 6 nitrogen and oxygen atoms in total. The van der Waals surface area contributed by atoms with E-state index in [0.717, 1.165) is 12.1 Å². The number of methoxy groups -OCH3 is 1. The lowest BCUT2D eigenvalue weighted by molar-refractivity contribution is -0.274. The van der Waals surface area contributed by atoms with Crippen molar-refractivity contribution in [3.8, 4) is 11.5 Å². The molecule has 0 aromatic heterocycles. The zero-order chi connectivity index (χ0) is 19.2. The Morgan fingerprint density at radius 1 is 1.19 bits per heavy atom. The third-order valence-corrected chi connectivity index (χ3v) is 3.27. The Labute approximate surface area is 171 Å². The average Bonchev–Trinajstić information content (AvgIpc) is 2.60. The second kappa shape index (κ2) is 10.2. The molecule has 2 aromatic carbocycles. The second-order valence-electron chi connectivity index (χ2n) is 5.22. The Morgan fingerprint density at radius 2 is 1.85 bits per heavy atom. The standard InChI is InChI=1S/C17H18F3N3O3.HI/c1-25-14-4-2-3-11(9-14)15(24)10-22-16(21)23-12-5-7-13(8-6-12)26-17(18,19)20;/h2-9,15,24H,10H2,1H3,(H3,21,22,23);1H. The van der Waals surface area contributed by atoms with E-state index in [4.69, 9.17) is 10.5 Å². The summed E-state index contributed by atoms with van der Waals surface area (Å²) in [6, 6.07) is 11.9. The SMILES string of the molecule is COc1cccc(C(O)CN=C(N)Nc2ccc(OC(F)(F)F)cc2)c1.I. The largest absolute Gasteiger partial charge is 0.573 e. The minimum atomic E-state index is -4.74. The smallest absolute Gasteiger partial charge is 0.497 e. The van der Waals surface area contributed by atoms with Gasteiger partial charge in [-0.25, -0.2) is 0 Å². The van der Waals surface area contributed by atoms with Gasteiger partial charge < -0.3 is 25.6 Å². The number of nitrogens with two attached hydrogens (primary N) is 1. The number of benzene rings is 2. The molecule has 0 spiro atoms. The predicted octanol–water partition coefficient (Wildman–Crippen LogP) is 3.67. The van der Waals surface area contributed by atoms with Gasteiger partial charge in [0.05, 0.1) is 19.8 Å². The molecule has 148 valence electrons. The van der Waals surface area contributed by atoms with Crippen LogP contribution in [-0.4, -0.2) is 31.1 Å². The van der Waals surface area contributed by atoms with E-state index in [1.54, 1.807) is 24.3 Å². The lowest BCUT2D eigenvalue weighted by Crippen LogP contribution is -2.23. The van der Waals surface area contributed by atoms with Crippen molar-refractivity contribution in [3.05, 3.63) is 54.1 Å². The van der Waals surface area contributed by atoms with Crippen LogP contribution >= 0.6 is 24.0 Å². The van der Waals surface area contributed by atoms with Crippen LogP contribution in [0.4, 0.5) is 18.9 Å². The van der Waals surface area contributed by atoms with Gasteiger partial charge in [-0.3, -0.25) is 4.99 Å². The number of rotatable bonds is 6. The van der Waals surface area contributed by atoms with E-state index in [1.165, 1.54) is 19.2 Å². The molecule has 0 amide bonds. The van der Waals surface area contributed by atoms with Crippen molar-refractivity contribution in [1.82, 2.24) is 0 Å². The summed E-state index contributed by atoms with van der Waals surface area (Å²) in [6.07, 6.45) is -5.63. The van der Waals surface area contributed by atoms with Gasteiger partial charge in [0.25, 0.3) is 0 Å². The van der Waals surface area contributed by atoms with E-state index in [0.29, 0.717) is 17.0 Å². The van der Waals surface area contributed by atoms with Crippen LogP contribution in [0, 0.1) is 0 Å². The highest BCUT2D eigenvalue weighted by Gasteiger charge is 2.30. The number of aliphatic hydroxyl groups is 1. The van der Waals surface area contributed by atoms with Gasteiger partial charge in [-0.2, -0.15) is 0 Å². The molecule has 0 aliphatic rings. The van der Waals surface area contributed by atoms with Crippen LogP contribution in [0.1, 0.15) is 11.7 Å². The summed E-state index contributed by atoms with van der Waals surface area (Å²) in [5.41, 5.74) is 6.77. The van der Waals surface area contributed by atoms with E-state index < -0.39 is 12.5 Å². The van der Waals surface area contributed by atoms with Gasteiger partial charge in [0, 0.05) is 5.69 Å². The van der Waals surface area contributed by atoms with Crippen molar-refractivity contribution >= 4 is 35.6 Å². The minimum Gasteiger partial charge on any atom is -0.497 e. The lowest BCUT2D eigenvalue weighted by Gasteiger charge is -2.12. The Morgan fingerprint density at radius 3 is 2.44 bits per heavy atom. The molecule has 0 radical (unpaired) electrons. The Bertz CT molecular complexity index is 755. The summed E-state index contributed by atoms with van der Waals surface area (Å²) in [4.78, 5) is 4.01. The highest BCUT2D eigenvalue weighted by Crippen LogP contribution is 2.24. The number of guanidine groups is 1. The number of alkyl halides is 3. The van der Waals surface area contributed by atoms with E-state index in [9.17, 15) is 18.3 Å². The topological polar surface area (TPSA) is 89.1 Å². The van der Waals surface area contributed by atoms with Gasteiger partial charge in [-0.05, 0) is 42.0 Å². The molecule has 27 heavy (non-hydrogen) atoms. The number of aliphatic imine (C=N–C) groups is 1. The summed E-state index contributed by atoms with van der Waals surface area (Å²) in [5, 5.41) is 12.8. The zero-order valence-corrected chi connectivity index (χ0v) is 16.6. The summed E-state index contributed by atoms with van der Waals surface area (Å²) in [6.45, 7) is 0.00126. The second-order valence-corrected chi connectivity index (χ2v) is 5.22. The van der Waals surface area contributed by atoms with Crippen molar-refractivity contribution in [1.29, 1.82) is 0 Å². The van der Waals surface area contributed by atoms with E-state index >= 15 is 0 Å². The summed E-state index contributed by atoms with van der Waals surface area (Å²) in [7, 11) is 1.52. The van der Waals surface area contributed by atoms with E-state index in [2.05, 4.69) is 15.0 Å². The van der Waals surface area contributed by atoms with Gasteiger partial charge >= 0.3 is 6.36 Å². The van der Waals surface area contributed by atoms with Crippen LogP contribution in [0.25, 0.3) is 0 Å². The van der Waals surface area contributed by atoms with Crippen molar-refractivity contribution in [2.24, 2.45) is 10.7 Å². The fourth-order valence-corrected chi connectivity index (χ4v) is 2.07. The minimum absolute atomic E-state index is 0. The molecule has 10 heteroatoms. The molecule has 0 heterocycles. The third kappa shape index (κ3) is 7.91. The summed E-state index contributed by atoms with van der Waals surface area (Å²) in [5.74, 6) is 0.279. The monoisotopic (exact) mass is 497 g/mol. The zero-order valence-electron chi connectivity index (χ0n) is 14.2. The van der Waals surface area contributed by atoms with Crippen molar-refractivity contribution in [2.45, 2.75) is 12.5 Å². The first-order chi connectivity index (χ1) is 12.3. The fraction of sp³-hybridized carbons (Fsp3) is 0.235. The van der Waals surface area contributed by atoms with Gasteiger partial charge in [0.15, 0.2) is 5.96 Å². The van der Waals surface area contributed by atoms with Crippen molar-refractivity contribution < 1.29 is 27.8 Å². The lowest BCUT2D eigenvalue weighted by atomic mass is 10.1. The normalized spacial score (nSPS) is 12.7. The van der Waals surface area contributed by atoms with Crippen LogP contribution < -0.4 is 20.5 Å². The number of hydrogen-bond donors (Lipinski definition) is 3. The molecule has 4 N–H and O–H groups in total. The molecule has 0 aliphatic carbocycles. The van der Waals surface area contributed by atoms with Crippen LogP contribution in [-0.2, 0) is 0 Å². The molecule has 0 aliphatic heterocycles. The molecule has 2 aromatic rings. The van der Waals surface area contributed by atoms with Gasteiger partial charge in [0.2, 0.25) is 0 Å². The summed E-state index contributed by atoms with van der Waals surface area (Å²) >= 11 is 0. The number of anilines is 1. The van der Waals surface area contributed by atoms with Crippen LogP contribution in [0.2, 0.25) is 0 Å². The maximum atomic E-state index is 12.1. The van der Waals surface area contributed by atoms with Crippen LogP contribution in [0.3, 0.4) is 0 Å². The highest BCUT2D eigenvalue weighted by molar-refractivity contribution is 14.0. The Hall–Kier alpha value is -2.21. The molecular formula is C17H19F3IN3O3. The first-order valence-corrected chi connectivity index (χ1v) is 7.51. The van der Waals surface area contributed by atoms with Gasteiger partial charge in [-0.1, -0.05) is 12.1 Å². The van der Waals surface area contributed by atoms with E-state index in [1.807, 2.05) is 0 Å². The van der Waals surface area contributed by atoms with Crippen LogP contribution in [0.15, 0.2) is 53.5 Å². The molecule has 0 saturated heterocycles. The molecule has 1 atom stereocenters. The number of nitrogens with zero attached hydrogens (tertiary/aromatic N) is 1. The average molecular weight is 497 g/mol. The first-order valence-electron chi connectivity index (χ1n) is 7.51. The molecule has 0 saturated carbocycles. The maximum absolute atomic E-state index is 12.1. The number of ether oxygens (including phenoxy) is 2. The highest BCUT2D eigenvalue weighted by atomic mass is 127. The van der Waals surface area contributed by atoms with E-state index in [-0.39, 0.29) is 42.2 Å². The fourth-order valence-electron chi connectivity index (χ4n) is 2.07. The number of hydrogen-bond acceptors (Lipinski definition) is 4. The van der Waals surface area contributed by atoms with Gasteiger partial charge in [0.1, 0.15) is 11.5 Å². The molecule has 2 rings (SSSR count). The Kier molecular flexibility index (Phi) is 8.63. The molecule has 0 bridgehead atoms.